The quantitative estimate of drug-likeness (QED) is 0.412. The highest BCUT2D eigenvalue weighted by atomic mass is 32.2. The molecule has 0 unspecified atom stereocenters. The molecule has 176 valence electrons. The van der Waals surface area contributed by atoms with E-state index in [2.05, 4.69) is 10.3 Å². The van der Waals surface area contributed by atoms with Crippen molar-refractivity contribution in [3.05, 3.63) is 82.9 Å². The van der Waals surface area contributed by atoms with Gasteiger partial charge in [-0.3, -0.25) is 0 Å². The molecule has 2 aromatic heterocycles. The molecule has 2 aromatic carbocycles. The van der Waals surface area contributed by atoms with Crippen LogP contribution < -0.4 is 10.1 Å². The Morgan fingerprint density at radius 2 is 2.00 bits per heavy atom. The Kier molecular flexibility index (Phi) is 6.11. The van der Waals surface area contributed by atoms with Crippen molar-refractivity contribution in [2.45, 2.75) is 25.6 Å². The number of nitrogens with one attached hydrogen (secondary N) is 1. The Balaban J connectivity index is 1.31. The lowest BCUT2D eigenvalue weighted by molar-refractivity contribution is 0.392. The molecule has 0 aliphatic carbocycles. The Morgan fingerprint density at radius 3 is 2.74 bits per heavy atom. The van der Waals surface area contributed by atoms with Gasteiger partial charge < -0.3 is 14.6 Å². The van der Waals surface area contributed by atoms with Gasteiger partial charge in [0.25, 0.3) is 0 Å². The van der Waals surface area contributed by atoms with Crippen LogP contribution in [0.1, 0.15) is 21.8 Å². The standard InChI is InChI=1S/C24H25N5O3S2/c1-17-13-28(16-25-17)21-9-8-19(12-22(21)32-2)26-24-27-20-10-11-29(14-23(20)33-24)34(30,31)15-18-6-4-3-5-7-18/h3-9,12-13,16H,10-11,14-15H2,1-2H3,(H,26,27). The Hall–Kier alpha value is -3.21. The smallest absolute Gasteiger partial charge is 0.218 e. The number of hydrogen-bond donors (Lipinski definition) is 1. The molecule has 8 nitrogen and oxygen atoms in total. The molecule has 1 aliphatic rings. The predicted octanol–water partition coefficient (Wildman–Crippen LogP) is 4.28. The van der Waals surface area contributed by atoms with Crippen molar-refractivity contribution < 1.29 is 13.2 Å². The minimum atomic E-state index is -3.40. The number of aromatic nitrogens is 3. The van der Waals surface area contributed by atoms with E-state index in [1.54, 1.807) is 17.7 Å². The summed E-state index contributed by atoms with van der Waals surface area (Å²) in [6, 6.07) is 15.1. The summed E-state index contributed by atoms with van der Waals surface area (Å²) in [6.45, 7) is 2.74. The number of methoxy groups -OCH3 is 1. The van der Waals surface area contributed by atoms with E-state index >= 15 is 0 Å². The second kappa shape index (κ2) is 9.21. The van der Waals surface area contributed by atoms with E-state index in [-0.39, 0.29) is 5.75 Å². The molecule has 0 amide bonds. The van der Waals surface area contributed by atoms with Crippen molar-refractivity contribution in [2.24, 2.45) is 0 Å². The number of rotatable bonds is 7. The second-order valence-electron chi connectivity index (χ2n) is 8.15. The average Bonchev–Trinajstić information content (AvgIpc) is 3.44. The van der Waals surface area contributed by atoms with Crippen molar-refractivity contribution >= 4 is 32.2 Å². The molecule has 0 saturated heterocycles. The lowest BCUT2D eigenvalue weighted by atomic mass is 10.2. The van der Waals surface area contributed by atoms with Gasteiger partial charge in [-0.25, -0.2) is 18.4 Å². The van der Waals surface area contributed by atoms with E-state index in [4.69, 9.17) is 9.72 Å². The van der Waals surface area contributed by atoms with E-state index in [1.807, 2.05) is 66.2 Å². The molecule has 0 spiro atoms. The van der Waals surface area contributed by atoms with Crippen LogP contribution in [0.15, 0.2) is 61.1 Å². The molecule has 1 N–H and O–H groups in total. The molecular formula is C24H25N5O3S2. The van der Waals surface area contributed by atoms with Crippen LogP contribution >= 0.6 is 11.3 Å². The van der Waals surface area contributed by atoms with E-state index in [0.717, 1.165) is 38.3 Å². The highest BCUT2D eigenvalue weighted by Crippen LogP contribution is 2.33. The summed E-state index contributed by atoms with van der Waals surface area (Å²) in [5.74, 6) is 0.720. The van der Waals surface area contributed by atoms with E-state index in [9.17, 15) is 8.42 Å². The predicted molar refractivity (Wildman–Crippen MR) is 133 cm³/mol. The molecule has 3 heterocycles. The molecule has 0 bridgehead atoms. The molecule has 34 heavy (non-hydrogen) atoms. The van der Waals surface area contributed by atoms with Gasteiger partial charge >= 0.3 is 0 Å². The summed E-state index contributed by atoms with van der Waals surface area (Å²) in [6.07, 6.45) is 4.30. The zero-order valence-corrected chi connectivity index (χ0v) is 20.6. The Bertz CT molecular complexity index is 1410. The number of ether oxygens (including phenoxy) is 1. The second-order valence-corrected chi connectivity index (χ2v) is 11.2. The van der Waals surface area contributed by atoms with Crippen molar-refractivity contribution in [3.63, 3.8) is 0 Å². The van der Waals surface area contributed by atoms with Gasteiger partial charge in [0.2, 0.25) is 10.0 Å². The molecule has 10 heteroatoms. The molecule has 0 atom stereocenters. The van der Waals surface area contributed by atoms with Crippen molar-refractivity contribution in [1.82, 2.24) is 18.8 Å². The van der Waals surface area contributed by atoms with Crippen LogP contribution in [0.5, 0.6) is 5.75 Å². The molecule has 4 aromatic rings. The first kappa shape index (κ1) is 22.6. The number of nitrogens with zero attached hydrogens (tertiary/aromatic N) is 4. The minimum Gasteiger partial charge on any atom is -0.494 e. The van der Waals surface area contributed by atoms with Crippen molar-refractivity contribution in [1.29, 1.82) is 0 Å². The van der Waals surface area contributed by atoms with Crippen molar-refractivity contribution in [3.8, 4) is 11.4 Å². The molecule has 0 fully saturated rings. The number of hydrogen-bond acceptors (Lipinski definition) is 7. The maximum Gasteiger partial charge on any atom is 0.218 e. The third kappa shape index (κ3) is 4.70. The summed E-state index contributed by atoms with van der Waals surface area (Å²) < 4.78 is 35.0. The number of benzene rings is 2. The minimum absolute atomic E-state index is 0.00959. The van der Waals surface area contributed by atoms with E-state index in [0.29, 0.717) is 25.3 Å². The zero-order chi connectivity index (χ0) is 23.7. The van der Waals surface area contributed by atoms with E-state index < -0.39 is 10.0 Å². The van der Waals surface area contributed by atoms with Crippen molar-refractivity contribution in [2.75, 3.05) is 19.0 Å². The van der Waals surface area contributed by atoms with E-state index in [1.165, 1.54) is 11.3 Å². The third-order valence-electron chi connectivity index (χ3n) is 5.70. The fourth-order valence-electron chi connectivity index (χ4n) is 3.98. The summed E-state index contributed by atoms with van der Waals surface area (Å²) in [5.41, 5.74) is 4.42. The lowest BCUT2D eigenvalue weighted by Gasteiger charge is -2.25. The zero-order valence-electron chi connectivity index (χ0n) is 18.9. The average molecular weight is 496 g/mol. The number of thiazole rings is 1. The molecule has 1 aliphatic heterocycles. The molecular weight excluding hydrogens is 470 g/mol. The Labute approximate surface area is 202 Å². The summed E-state index contributed by atoms with van der Waals surface area (Å²) >= 11 is 1.49. The summed E-state index contributed by atoms with van der Waals surface area (Å²) in [5, 5.41) is 4.08. The number of aryl methyl sites for hydroxylation is 1. The van der Waals surface area contributed by atoms with Gasteiger partial charge in [0.15, 0.2) is 5.13 Å². The number of anilines is 2. The van der Waals surface area contributed by atoms with Crippen LogP contribution in [0, 0.1) is 6.92 Å². The van der Waals surface area contributed by atoms with Crippen LogP contribution in [0.25, 0.3) is 5.69 Å². The van der Waals surface area contributed by atoms with Crippen LogP contribution in [0.2, 0.25) is 0 Å². The van der Waals surface area contributed by atoms with Gasteiger partial charge in [0.05, 0.1) is 36.3 Å². The molecule has 0 saturated carbocycles. The summed E-state index contributed by atoms with van der Waals surface area (Å²) in [7, 11) is -1.76. The highest BCUT2D eigenvalue weighted by molar-refractivity contribution is 7.88. The van der Waals surface area contributed by atoms with Gasteiger partial charge in [-0.1, -0.05) is 30.3 Å². The SMILES string of the molecule is COc1cc(Nc2nc3c(s2)CN(S(=O)(=O)Cc2ccccc2)CC3)ccc1-n1cnc(C)c1. The number of imidazole rings is 1. The first-order valence-electron chi connectivity index (χ1n) is 10.9. The first-order valence-corrected chi connectivity index (χ1v) is 13.3. The summed E-state index contributed by atoms with van der Waals surface area (Å²) in [4.78, 5) is 9.97. The highest BCUT2D eigenvalue weighted by Gasteiger charge is 2.29. The first-order chi connectivity index (χ1) is 16.4. The van der Waals surface area contributed by atoms with Gasteiger partial charge in [-0.15, -0.1) is 11.3 Å². The fraction of sp³-hybridized carbons (Fsp3) is 0.250. The van der Waals surface area contributed by atoms with Gasteiger partial charge in [-0.05, 0) is 24.6 Å². The monoisotopic (exact) mass is 495 g/mol. The number of fused-ring (bicyclic) bond motifs is 1. The van der Waals surface area contributed by atoms with Crippen LogP contribution in [0.4, 0.5) is 10.8 Å². The van der Waals surface area contributed by atoms with Crippen LogP contribution in [-0.2, 0) is 28.7 Å². The maximum absolute atomic E-state index is 13.0. The van der Waals surface area contributed by atoms with Crippen LogP contribution in [0.3, 0.4) is 0 Å². The van der Waals surface area contributed by atoms with Gasteiger partial charge in [0.1, 0.15) is 5.75 Å². The number of sulfonamides is 1. The fourth-order valence-corrected chi connectivity index (χ4v) is 6.60. The normalized spacial score (nSPS) is 14.1. The van der Waals surface area contributed by atoms with Crippen LogP contribution in [-0.4, -0.2) is 40.9 Å². The Morgan fingerprint density at radius 1 is 1.18 bits per heavy atom. The third-order valence-corrected chi connectivity index (χ3v) is 8.50. The molecule has 0 radical (unpaired) electrons. The lowest BCUT2D eigenvalue weighted by Crippen LogP contribution is -2.36. The maximum atomic E-state index is 13.0. The molecule has 5 rings (SSSR count). The van der Waals surface area contributed by atoms with Gasteiger partial charge in [-0.2, -0.15) is 4.31 Å². The topological polar surface area (TPSA) is 89.4 Å². The largest absolute Gasteiger partial charge is 0.494 e. The van der Waals surface area contributed by atoms with Gasteiger partial charge in [0, 0.05) is 42.3 Å².